The molecular formula is C14H25N3O2. The molecule has 0 aromatic carbocycles. The number of aromatic nitrogens is 2. The van der Waals surface area contributed by atoms with Gasteiger partial charge in [0.05, 0.1) is 6.04 Å². The summed E-state index contributed by atoms with van der Waals surface area (Å²) in [6.45, 7) is 12.2. The summed E-state index contributed by atoms with van der Waals surface area (Å²) in [6, 6.07) is 0.184. The van der Waals surface area contributed by atoms with Crippen LogP contribution in [-0.4, -0.2) is 23.3 Å². The molecule has 2 heterocycles. The number of nitrogens with one attached hydrogen (secondary N) is 1. The van der Waals surface area contributed by atoms with Crippen LogP contribution in [0.5, 0.6) is 0 Å². The third-order valence-corrected chi connectivity index (χ3v) is 3.61. The predicted octanol–water partition coefficient (Wildman–Crippen LogP) is 2.86. The lowest BCUT2D eigenvalue weighted by Gasteiger charge is -2.27. The average molecular weight is 267 g/mol. The molecule has 5 heteroatoms. The second kappa shape index (κ2) is 5.59. The zero-order chi connectivity index (χ0) is 14.0. The molecule has 0 saturated carbocycles. The summed E-state index contributed by atoms with van der Waals surface area (Å²) in [5, 5.41) is 7.54. The van der Waals surface area contributed by atoms with Gasteiger partial charge in [-0.2, -0.15) is 4.98 Å². The molecule has 1 fully saturated rings. The van der Waals surface area contributed by atoms with Crippen molar-refractivity contribution < 1.29 is 9.26 Å². The van der Waals surface area contributed by atoms with E-state index in [1.807, 2.05) is 6.92 Å². The van der Waals surface area contributed by atoms with Gasteiger partial charge in [-0.15, -0.1) is 0 Å². The van der Waals surface area contributed by atoms with Crippen LogP contribution in [0.4, 0.5) is 0 Å². The molecule has 3 unspecified atom stereocenters. The summed E-state index contributed by atoms with van der Waals surface area (Å²) in [6.07, 6.45) is 1.02. The first-order valence-corrected chi connectivity index (χ1v) is 7.12. The summed E-state index contributed by atoms with van der Waals surface area (Å²) in [7, 11) is 0. The molecule has 1 aromatic rings. The van der Waals surface area contributed by atoms with Gasteiger partial charge in [-0.1, -0.05) is 32.9 Å². The highest BCUT2D eigenvalue weighted by molar-refractivity contribution is 5.02. The molecule has 0 amide bonds. The summed E-state index contributed by atoms with van der Waals surface area (Å²) < 4.78 is 11.2. The third-order valence-electron chi connectivity index (χ3n) is 3.61. The Labute approximate surface area is 115 Å². The quantitative estimate of drug-likeness (QED) is 0.909. The van der Waals surface area contributed by atoms with Gasteiger partial charge in [0.2, 0.25) is 11.7 Å². The van der Waals surface area contributed by atoms with Gasteiger partial charge >= 0.3 is 0 Å². The Morgan fingerprint density at radius 1 is 1.47 bits per heavy atom. The molecule has 19 heavy (non-hydrogen) atoms. The first-order valence-electron chi connectivity index (χ1n) is 7.12. The van der Waals surface area contributed by atoms with E-state index >= 15 is 0 Å². The first-order chi connectivity index (χ1) is 8.93. The van der Waals surface area contributed by atoms with E-state index in [4.69, 9.17) is 9.26 Å². The van der Waals surface area contributed by atoms with E-state index in [1.165, 1.54) is 0 Å². The van der Waals surface area contributed by atoms with Gasteiger partial charge in [0.25, 0.3) is 0 Å². The Bertz CT molecular complexity index is 411. The number of ether oxygens (including phenoxy) is 1. The van der Waals surface area contributed by atoms with E-state index < -0.39 is 0 Å². The van der Waals surface area contributed by atoms with Crippen molar-refractivity contribution >= 4 is 0 Å². The van der Waals surface area contributed by atoms with Crippen molar-refractivity contribution in [1.82, 2.24) is 15.5 Å². The van der Waals surface area contributed by atoms with Gasteiger partial charge in [-0.25, -0.2) is 0 Å². The van der Waals surface area contributed by atoms with E-state index in [0.29, 0.717) is 24.2 Å². The monoisotopic (exact) mass is 267 g/mol. The molecule has 0 bridgehead atoms. The smallest absolute Gasteiger partial charge is 0.244 e. The maximum Gasteiger partial charge on any atom is 0.244 e. The van der Waals surface area contributed by atoms with Gasteiger partial charge in [-0.05, 0) is 31.2 Å². The van der Waals surface area contributed by atoms with Gasteiger partial charge in [0.1, 0.15) is 6.10 Å². The highest BCUT2D eigenvalue weighted by Crippen LogP contribution is 2.36. The Morgan fingerprint density at radius 2 is 2.21 bits per heavy atom. The van der Waals surface area contributed by atoms with Gasteiger partial charge < -0.3 is 14.6 Å². The number of hydrogen-bond donors (Lipinski definition) is 1. The Hall–Kier alpha value is -0.940. The molecule has 1 aliphatic heterocycles. The minimum Gasteiger partial charge on any atom is -0.370 e. The minimum atomic E-state index is -0.133. The molecule has 3 atom stereocenters. The fraction of sp³-hybridized carbons (Fsp3) is 0.857. The maximum absolute atomic E-state index is 5.79. The van der Waals surface area contributed by atoms with Crippen molar-refractivity contribution in [3.63, 3.8) is 0 Å². The van der Waals surface area contributed by atoms with Crippen LogP contribution >= 0.6 is 0 Å². The summed E-state index contributed by atoms with van der Waals surface area (Å²) in [4.78, 5) is 4.56. The minimum absolute atomic E-state index is 0.0497. The van der Waals surface area contributed by atoms with Gasteiger partial charge in [-0.3, -0.25) is 0 Å². The van der Waals surface area contributed by atoms with E-state index in [9.17, 15) is 0 Å². The molecule has 0 spiro atoms. The van der Waals surface area contributed by atoms with Crippen molar-refractivity contribution in [2.75, 3.05) is 13.2 Å². The molecular weight excluding hydrogens is 242 g/mol. The van der Waals surface area contributed by atoms with Crippen molar-refractivity contribution in [2.45, 2.75) is 53.2 Å². The predicted molar refractivity (Wildman–Crippen MR) is 72.6 cm³/mol. The van der Waals surface area contributed by atoms with Crippen LogP contribution in [0, 0.1) is 11.3 Å². The van der Waals surface area contributed by atoms with Crippen LogP contribution in [0.2, 0.25) is 0 Å². The fourth-order valence-corrected chi connectivity index (χ4v) is 2.52. The zero-order valence-electron chi connectivity index (χ0n) is 12.6. The highest BCUT2D eigenvalue weighted by Gasteiger charge is 2.34. The largest absolute Gasteiger partial charge is 0.370 e. The molecule has 0 radical (unpaired) electrons. The molecule has 2 rings (SSSR count). The van der Waals surface area contributed by atoms with Crippen LogP contribution in [0.25, 0.3) is 0 Å². The lowest BCUT2D eigenvalue weighted by atomic mass is 9.88. The Morgan fingerprint density at radius 3 is 2.74 bits per heavy atom. The molecule has 1 saturated heterocycles. The highest BCUT2D eigenvalue weighted by atomic mass is 16.5. The van der Waals surface area contributed by atoms with Crippen molar-refractivity contribution in [1.29, 1.82) is 0 Å². The van der Waals surface area contributed by atoms with Crippen LogP contribution in [-0.2, 0) is 4.74 Å². The summed E-state index contributed by atoms with van der Waals surface area (Å²) in [5.74, 6) is 1.88. The number of rotatable bonds is 4. The molecule has 5 nitrogen and oxygen atoms in total. The SMILES string of the molecule is CCOC(c1noc(C2NCCC2C)n1)C(C)(C)C. The van der Waals surface area contributed by atoms with E-state index in [-0.39, 0.29) is 17.6 Å². The molecule has 108 valence electrons. The number of nitrogens with zero attached hydrogens (tertiary/aromatic N) is 2. The second-order valence-electron chi connectivity index (χ2n) is 6.39. The van der Waals surface area contributed by atoms with Gasteiger partial charge in [0, 0.05) is 6.61 Å². The van der Waals surface area contributed by atoms with Crippen LogP contribution in [0.1, 0.15) is 64.9 Å². The topological polar surface area (TPSA) is 60.2 Å². The molecule has 1 N–H and O–H groups in total. The van der Waals surface area contributed by atoms with Crippen molar-refractivity contribution in [3.8, 4) is 0 Å². The van der Waals surface area contributed by atoms with Gasteiger partial charge in [0.15, 0.2) is 0 Å². The Balaban J connectivity index is 2.18. The van der Waals surface area contributed by atoms with E-state index in [2.05, 4.69) is 43.2 Å². The lowest BCUT2D eigenvalue weighted by molar-refractivity contribution is -0.0203. The normalized spacial score (nSPS) is 25.7. The van der Waals surface area contributed by atoms with Crippen LogP contribution < -0.4 is 5.32 Å². The standard InChI is InChI=1S/C14H25N3O2/c1-6-18-11(14(3,4)5)12-16-13(19-17-12)10-9(2)7-8-15-10/h9-11,15H,6-8H2,1-5H3. The average Bonchev–Trinajstić information content (AvgIpc) is 2.92. The van der Waals surface area contributed by atoms with Crippen molar-refractivity contribution in [2.24, 2.45) is 11.3 Å². The van der Waals surface area contributed by atoms with Crippen LogP contribution in [0.15, 0.2) is 4.52 Å². The maximum atomic E-state index is 5.79. The zero-order valence-corrected chi connectivity index (χ0v) is 12.6. The third kappa shape index (κ3) is 3.15. The fourth-order valence-electron chi connectivity index (χ4n) is 2.52. The lowest BCUT2D eigenvalue weighted by Crippen LogP contribution is -2.23. The van der Waals surface area contributed by atoms with E-state index in [0.717, 1.165) is 13.0 Å². The summed E-state index contributed by atoms with van der Waals surface area (Å²) in [5.41, 5.74) is -0.0497. The first kappa shape index (κ1) is 14.5. The number of hydrogen-bond acceptors (Lipinski definition) is 5. The van der Waals surface area contributed by atoms with Crippen molar-refractivity contribution in [3.05, 3.63) is 11.7 Å². The van der Waals surface area contributed by atoms with Crippen LogP contribution in [0.3, 0.4) is 0 Å². The second-order valence-corrected chi connectivity index (χ2v) is 6.39. The molecule has 1 aliphatic rings. The Kier molecular flexibility index (Phi) is 4.26. The molecule has 0 aliphatic carbocycles. The van der Waals surface area contributed by atoms with E-state index in [1.54, 1.807) is 0 Å². The molecule has 1 aromatic heterocycles. The summed E-state index contributed by atoms with van der Waals surface area (Å²) >= 11 is 0.